The van der Waals surface area contributed by atoms with Crippen LogP contribution in [0.3, 0.4) is 0 Å². The van der Waals surface area contributed by atoms with Gasteiger partial charge in [-0.1, -0.05) is 102 Å². The van der Waals surface area contributed by atoms with Crippen LogP contribution in [0.5, 0.6) is 0 Å². The first-order valence-electron chi connectivity index (χ1n) is 12.0. The first-order valence-corrected chi connectivity index (χ1v) is 12.0. The lowest BCUT2D eigenvalue weighted by Crippen LogP contribution is -2.01. The molecule has 33 heavy (non-hydrogen) atoms. The summed E-state index contributed by atoms with van der Waals surface area (Å²) in [5.74, 6) is 1.17. The summed E-state index contributed by atoms with van der Waals surface area (Å²) in [6, 6.07) is 0. The summed E-state index contributed by atoms with van der Waals surface area (Å²) in [4.78, 5) is 0. The molecule has 1 N–H and O–H groups in total. The number of hydrogen-bond acceptors (Lipinski definition) is 3. The van der Waals surface area contributed by atoms with Gasteiger partial charge in [0.05, 0.1) is 13.2 Å². The highest BCUT2D eigenvalue weighted by molar-refractivity contribution is 5.32. The van der Waals surface area contributed by atoms with Gasteiger partial charge in [0.15, 0.2) is 0 Å². The maximum absolute atomic E-state index is 8.60. The van der Waals surface area contributed by atoms with Gasteiger partial charge in [0.1, 0.15) is 5.76 Å². The van der Waals surface area contributed by atoms with E-state index in [9.17, 15) is 0 Å². The Morgan fingerprint density at radius 3 is 1.88 bits per heavy atom. The second-order valence-corrected chi connectivity index (χ2v) is 6.29. The molecule has 0 aromatic rings. The Morgan fingerprint density at radius 1 is 0.879 bits per heavy atom. The molecule has 0 saturated carbocycles. The van der Waals surface area contributed by atoms with Gasteiger partial charge in [-0.2, -0.15) is 0 Å². The number of allylic oxidation sites excluding steroid dienone is 11. The van der Waals surface area contributed by atoms with Crippen molar-refractivity contribution >= 4 is 0 Å². The number of hydrogen-bond donors (Lipinski definition) is 1. The van der Waals surface area contributed by atoms with Crippen molar-refractivity contribution in [2.45, 2.75) is 60.8 Å². The Morgan fingerprint density at radius 2 is 1.39 bits per heavy atom. The molecule has 0 rings (SSSR count). The standard InChI is InChI=1S/C24H34O2.C2H6O.2C2H6/c1-5-22(3)21-26-24(6-2)19-18-23(4)17-15-13-11-9-7-8-10-12-14-16-20-25;1-3-2;2*1-2/h5-6,10-19,22,25H,1,4,7-9,20-21H2,2-3H3;1-2H3;2*1-2H3/b12-10+,13-11+,16-14+,17-15+,19-18-,24-6+;;;. The molecule has 0 saturated heterocycles. The fourth-order valence-electron chi connectivity index (χ4n) is 1.79. The molecule has 0 aromatic carbocycles. The average molecular weight is 461 g/mol. The summed E-state index contributed by atoms with van der Waals surface area (Å²) in [5, 5.41) is 8.60. The van der Waals surface area contributed by atoms with E-state index in [-0.39, 0.29) is 6.61 Å². The van der Waals surface area contributed by atoms with Gasteiger partial charge in [-0.25, -0.2) is 0 Å². The number of rotatable bonds is 14. The van der Waals surface area contributed by atoms with Crippen molar-refractivity contribution in [3.63, 3.8) is 0 Å². The van der Waals surface area contributed by atoms with Crippen molar-refractivity contribution < 1.29 is 14.6 Å². The van der Waals surface area contributed by atoms with E-state index in [1.54, 1.807) is 20.3 Å². The zero-order chi connectivity index (χ0) is 26.2. The zero-order valence-electron chi connectivity index (χ0n) is 22.7. The Hall–Kier alpha value is -2.36. The van der Waals surface area contributed by atoms with Gasteiger partial charge in [0.25, 0.3) is 0 Å². The Labute approximate surface area is 206 Å². The Balaban J connectivity index is -0.000000537. The minimum absolute atomic E-state index is 0.0947. The summed E-state index contributed by atoms with van der Waals surface area (Å²) in [6.07, 6.45) is 26.7. The molecule has 0 radical (unpaired) electrons. The highest BCUT2D eigenvalue weighted by Crippen LogP contribution is 2.07. The molecule has 1 atom stereocenters. The lowest BCUT2D eigenvalue weighted by atomic mass is 10.2. The normalized spacial score (nSPS) is 12.2. The van der Waals surface area contributed by atoms with Crippen molar-refractivity contribution in [2.24, 2.45) is 5.92 Å². The maximum Gasteiger partial charge on any atom is 0.115 e. The van der Waals surface area contributed by atoms with E-state index < -0.39 is 0 Å². The first kappa shape index (κ1) is 37.9. The quantitative estimate of drug-likeness (QED) is 0.122. The third-order valence-electron chi connectivity index (χ3n) is 3.45. The summed E-state index contributed by atoms with van der Waals surface area (Å²) >= 11 is 0. The minimum Gasteiger partial charge on any atom is -0.493 e. The largest absolute Gasteiger partial charge is 0.493 e. The number of aliphatic hydroxyl groups excluding tert-OH is 1. The van der Waals surface area contributed by atoms with Crippen molar-refractivity contribution in [2.75, 3.05) is 27.4 Å². The lowest BCUT2D eigenvalue weighted by Gasteiger charge is -2.09. The fourth-order valence-corrected chi connectivity index (χ4v) is 1.79. The molecule has 0 aliphatic heterocycles. The topological polar surface area (TPSA) is 38.7 Å². The Bertz CT molecular complexity index is 575. The third kappa shape index (κ3) is 37.3. The minimum atomic E-state index is 0.0947. The second-order valence-electron chi connectivity index (χ2n) is 6.29. The van der Waals surface area contributed by atoms with E-state index in [0.717, 1.165) is 30.6 Å². The van der Waals surface area contributed by atoms with Crippen LogP contribution in [0, 0.1) is 5.92 Å². The van der Waals surface area contributed by atoms with Crippen LogP contribution in [0.25, 0.3) is 0 Å². The van der Waals surface area contributed by atoms with Crippen LogP contribution in [0.4, 0.5) is 0 Å². The summed E-state index contributed by atoms with van der Waals surface area (Å²) in [6.45, 7) is 20.5. The molecule has 0 aliphatic rings. The van der Waals surface area contributed by atoms with Gasteiger partial charge in [0.2, 0.25) is 0 Å². The summed E-state index contributed by atoms with van der Waals surface area (Å²) < 4.78 is 9.96. The van der Waals surface area contributed by atoms with Crippen molar-refractivity contribution in [1.82, 2.24) is 0 Å². The number of methoxy groups -OCH3 is 1. The third-order valence-corrected chi connectivity index (χ3v) is 3.45. The SMILES string of the molecule is C=CC(C)COC(/C=C\C(=C)/C=C/C=C/CCC/C=C/C=C/CO)=C/C.CC.CC.COC. The molecule has 0 heterocycles. The molecule has 0 fully saturated rings. The van der Waals surface area contributed by atoms with E-state index >= 15 is 0 Å². The van der Waals surface area contributed by atoms with E-state index in [0.29, 0.717) is 12.5 Å². The molecular weight excluding hydrogens is 408 g/mol. The highest BCUT2D eigenvalue weighted by atomic mass is 16.5. The van der Waals surface area contributed by atoms with E-state index in [1.165, 1.54) is 0 Å². The highest BCUT2D eigenvalue weighted by Gasteiger charge is 1.97. The lowest BCUT2D eigenvalue weighted by molar-refractivity contribution is 0.200. The van der Waals surface area contributed by atoms with Crippen LogP contribution >= 0.6 is 0 Å². The number of ether oxygens (including phenoxy) is 2. The molecule has 3 nitrogen and oxygen atoms in total. The molecular formula is C30H52O3. The van der Waals surface area contributed by atoms with Crippen LogP contribution in [0.2, 0.25) is 0 Å². The molecule has 3 heteroatoms. The zero-order valence-corrected chi connectivity index (χ0v) is 22.7. The monoisotopic (exact) mass is 460 g/mol. The number of unbranched alkanes of at least 4 members (excludes halogenated alkanes) is 2. The van der Waals surface area contributed by atoms with Gasteiger partial charge in [-0.15, -0.1) is 6.58 Å². The van der Waals surface area contributed by atoms with Gasteiger partial charge in [0, 0.05) is 20.1 Å². The van der Waals surface area contributed by atoms with Gasteiger partial charge in [-0.05, 0) is 43.9 Å². The van der Waals surface area contributed by atoms with Crippen LogP contribution in [0.15, 0.2) is 97.4 Å². The van der Waals surface area contributed by atoms with Crippen LogP contribution in [-0.4, -0.2) is 32.5 Å². The van der Waals surface area contributed by atoms with Gasteiger partial charge >= 0.3 is 0 Å². The maximum atomic E-state index is 8.60. The van der Waals surface area contributed by atoms with E-state index in [2.05, 4.69) is 37.0 Å². The molecule has 0 aromatic heterocycles. The predicted octanol–water partition coefficient (Wildman–Crippen LogP) is 8.54. The predicted molar refractivity (Wildman–Crippen MR) is 150 cm³/mol. The molecule has 0 aliphatic carbocycles. The van der Waals surface area contributed by atoms with Crippen LogP contribution < -0.4 is 0 Å². The molecule has 0 spiro atoms. The van der Waals surface area contributed by atoms with E-state index in [4.69, 9.17) is 9.84 Å². The Kier molecular flexibility index (Phi) is 42.5. The molecule has 0 amide bonds. The van der Waals surface area contributed by atoms with Crippen LogP contribution in [0.1, 0.15) is 60.8 Å². The van der Waals surface area contributed by atoms with Gasteiger partial charge < -0.3 is 14.6 Å². The van der Waals surface area contributed by atoms with Crippen molar-refractivity contribution in [3.8, 4) is 0 Å². The summed E-state index contributed by atoms with van der Waals surface area (Å²) in [7, 11) is 3.25. The molecule has 0 bridgehead atoms. The molecule has 190 valence electrons. The number of aliphatic hydroxyl groups is 1. The van der Waals surface area contributed by atoms with Crippen molar-refractivity contribution in [1.29, 1.82) is 0 Å². The first-order chi connectivity index (χ1) is 16.0. The fraction of sp³-hybridized carbons (Fsp3) is 0.467. The second kappa shape index (κ2) is 37.0. The average Bonchev–Trinajstić information content (AvgIpc) is 2.85. The summed E-state index contributed by atoms with van der Waals surface area (Å²) in [5.41, 5.74) is 0.924. The van der Waals surface area contributed by atoms with Crippen LogP contribution in [-0.2, 0) is 9.47 Å². The smallest absolute Gasteiger partial charge is 0.115 e. The van der Waals surface area contributed by atoms with E-state index in [1.807, 2.05) is 89.3 Å². The van der Waals surface area contributed by atoms with Gasteiger partial charge in [-0.3, -0.25) is 0 Å². The van der Waals surface area contributed by atoms with Crippen molar-refractivity contribution in [3.05, 3.63) is 97.4 Å². The molecule has 1 unspecified atom stereocenters.